The molecule has 0 spiro atoms. The monoisotopic (exact) mass is 212 g/mol. The van der Waals surface area contributed by atoms with E-state index in [4.69, 9.17) is 0 Å². The first-order chi connectivity index (χ1) is 7.83. The van der Waals surface area contributed by atoms with E-state index < -0.39 is 0 Å². The number of hydrogen-bond acceptors (Lipinski definition) is 1. The van der Waals surface area contributed by atoms with Crippen molar-refractivity contribution in [2.45, 2.75) is 25.7 Å². The molecule has 1 aromatic heterocycles. The van der Waals surface area contributed by atoms with Crippen LogP contribution in [-0.2, 0) is 19.9 Å². The fourth-order valence-corrected chi connectivity index (χ4v) is 2.45. The zero-order valence-corrected chi connectivity index (χ0v) is 9.61. The first-order valence-corrected chi connectivity index (χ1v) is 5.93. The highest BCUT2D eigenvalue weighted by atomic mass is 15.0. The molecular formula is C14H16N2. The van der Waals surface area contributed by atoms with Gasteiger partial charge in [0.1, 0.15) is 0 Å². The highest BCUT2D eigenvalue weighted by molar-refractivity contribution is 5.60. The number of nitrogens with zero attached hydrogens (tertiary/aromatic N) is 2. The standard InChI is InChI=1S/C14H16N2/c1-16-9-14(15-10-16)13-7-6-11-4-2-3-5-12(11)8-13/h6-10H,2-5H2,1H3. The number of benzene rings is 1. The Kier molecular flexibility index (Phi) is 2.28. The molecule has 16 heavy (non-hydrogen) atoms. The minimum absolute atomic E-state index is 1.08. The summed E-state index contributed by atoms with van der Waals surface area (Å²) >= 11 is 0. The lowest BCUT2D eigenvalue weighted by Gasteiger charge is -2.15. The molecule has 0 atom stereocenters. The maximum atomic E-state index is 4.40. The molecule has 0 saturated heterocycles. The smallest absolute Gasteiger partial charge is 0.0951 e. The van der Waals surface area contributed by atoms with Crippen LogP contribution in [0.25, 0.3) is 11.3 Å². The zero-order chi connectivity index (χ0) is 11.0. The van der Waals surface area contributed by atoms with Crippen LogP contribution in [0.4, 0.5) is 0 Å². The van der Waals surface area contributed by atoms with Gasteiger partial charge in [-0.3, -0.25) is 0 Å². The van der Waals surface area contributed by atoms with Gasteiger partial charge in [-0.1, -0.05) is 12.1 Å². The first-order valence-electron chi connectivity index (χ1n) is 5.93. The molecule has 0 amide bonds. The van der Waals surface area contributed by atoms with Gasteiger partial charge in [0.25, 0.3) is 0 Å². The van der Waals surface area contributed by atoms with E-state index in [1.807, 2.05) is 17.9 Å². The van der Waals surface area contributed by atoms with Crippen LogP contribution in [0.3, 0.4) is 0 Å². The summed E-state index contributed by atoms with van der Waals surface area (Å²) in [7, 11) is 2.01. The van der Waals surface area contributed by atoms with Crippen molar-refractivity contribution in [3.8, 4) is 11.3 Å². The van der Waals surface area contributed by atoms with Gasteiger partial charge in [0.15, 0.2) is 0 Å². The summed E-state index contributed by atoms with van der Waals surface area (Å²) in [6, 6.07) is 6.79. The summed E-state index contributed by atoms with van der Waals surface area (Å²) < 4.78 is 1.99. The molecule has 0 unspecified atom stereocenters. The molecule has 2 aromatic rings. The van der Waals surface area contributed by atoms with Crippen LogP contribution >= 0.6 is 0 Å². The average Bonchev–Trinajstić information content (AvgIpc) is 2.75. The minimum Gasteiger partial charge on any atom is -0.340 e. The third-order valence-corrected chi connectivity index (χ3v) is 3.35. The number of fused-ring (bicyclic) bond motifs is 1. The summed E-state index contributed by atoms with van der Waals surface area (Å²) in [5.74, 6) is 0. The lowest BCUT2D eigenvalue weighted by atomic mass is 9.90. The van der Waals surface area contributed by atoms with Gasteiger partial charge < -0.3 is 4.57 Å². The summed E-state index contributed by atoms with van der Waals surface area (Å²) in [5.41, 5.74) is 5.39. The van der Waals surface area contributed by atoms with Crippen molar-refractivity contribution in [3.05, 3.63) is 41.9 Å². The molecule has 3 rings (SSSR count). The lowest BCUT2D eigenvalue weighted by Crippen LogP contribution is -2.02. The lowest BCUT2D eigenvalue weighted by molar-refractivity contribution is 0.686. The van der Waals surface area contributed by atoms with Crippen LogP contribution in [-0.4, -0.2) is 9.55 Å². The van der Waals surface area contributed by atoms with Crippen molar-refractivity contribution in [1.29, 1.82) is 0 Å². The summed E-state index contributed by atoms with van der Waals surface area (Å²) in [6.07, 6.45) is 9.09. The molecule has 0 aliphatic heterocycles. The summed E-state index contributed by atoms with van der Waals surface area (Å²) in [5, 5.41) is 0. The SMILES string of the molecule is Cn1cnc(-c2ccc3c(c2)CCCC3)c1. The Balaban J connectivity index is 2.02. The second-order valence-corrected chi connectivity index (χ2v) is 4.61. The molecule has 1 heterocycles. The molecular weight excluding hydrogens is 196 g/mol. The largest absolute Gasteiger partial charge is 0.340 e. The third kappa shape index (κ3) is 1.64. The van der Waals surface area contributed by atoms with Crippen LogP contribution in [0.5, 0.6) is 0 Å². The van der Waals surface area contributed by atoms with Crippen molar-refractivity contribution in [2.75, 3.05) is 0 Å². The molecule has 1 aliphatic carbocycles. The van der Waals surface area contributed by atoms with Gasteiger partial charge >= 0.3 is 0 Å². The van der Waals surface area contributed by atoms with Gasteiger partial charge in [-0.05, 0) is 42.9 Å². The molecule has 1 aromatic carbocycles. The van der Waals surface area contributed by atoms with Crippen LogP contribution in [0, 0.1) is 0 Å². The molecule has 0 fully saturated rings. The fraction of sp³-hybridized carbons (Fsp3) is 0.357. The van der Waals surface area contributed by atoms with Crippen LogP contribution < -0.4 is 0 Å². The molecule has 82 valence electrons. The Morgan fingerprint density at radius 3 is 2.69 bits per heavy atom. The number of imidazole rings is 1. The van der Waals surface area contributed by atoms with Crippen molar-refractivity contribution in [1.82, 2.24) is 9.55 Å². The van der Waals surface area contributed by atoms with Gasteiger partial charge in [0, 0.05) is 18.8 Å². The third-order valence-electron chi connectivity index (χ3n) is 3.35. The molecule has 1 aliphatic rings. The highest BCUT2D eigenvalue weighted by Gasteiger charge is 2.10. The second-order valence-electron chi connectivity index (χ2n) is 4.61. The van der Waals surface area contributed by atoms with Crippen molar-refractivity contribution in [2.24, 2.45) is 7.05 Å². The van der Waals surface area contributed by atoms with Crippen molar-refractivity contribution in [3.63, 3.8) is 0 Å². The molecule has 2 heteroatoms. The number of rotatable bonds is 1. The zero-order valence-electron chi connectivity index (χ0n) is 9.61. The quantitative estimate of drug-likeness (QED) is 0.710. The predicted molar refractivity (Wildman–Crippen MR) is 65.3 cm³/mol. The van der Waals surface area contributed by atoms with E-state index >= 15 is 0 Å². The first kappa shape index (κ1) is 9.64. The summed E-state index contributed by atoms with van der Waals surface area (Å²) in [6.45, 7) is 0. The van der Waals surface area contributed by atoms with E-state index in [1.165, 1.54) is 42.4 Å². The summed E-state index contributed by atoms with van der Waals surface area (Å²) in [4.78, 5) is 4.40. The maximum Gasteiger partial charge on any atom is 0.0951 e. The Hall–Kier alpha value is -1.57. The fourth-order valence-electron chi connectivity index (χ4n) is 2.45. The van der Waals surface area contributed by atoms with Crippen molar-refractivity contribution < 1.29 is 0 Å². The van der Waals surface area contributed by atoms with E-state index in [0.717, 1.165) is 5.69 Å². The van der Waals surface area contributed by atoms with E-state index in [2.05, 4.69) is 29.4 Å². The Morgan fingerprint density at radius 2 is 1.94 bits per heavy atom. The molecule has 0 bridgehead atoms. The average molecular weight is 212 g/mol. The maximum absolute atomic E-state index is 4.40. The van der Waals surface area contributed by atoms with Gasteiger partial charge in [-0.25, -0.2) is 4.98 Å². The topological polar surface area (TPSA) is 17.8 Å². The van der Waals surface area contributed by atoms with E-state index in [0.29, 0.717) is 0 Å². The molecule has 0 N–H and O–H groups in total. The van der Waals surface area contributed by atoms with E-state index in [-0.39, 0.29) is 0 Å². The van der Waals surface area contributed by atoms with Crippen LogP contribution in [0.2, 0.25) is 0 Å². The number of aromatic nitrogens is 2. The second kappa shape index (κ2) is 3.78. The van der Waals surface area contributed by atoms with Gasteiger partial charge in [0.05, 0.1) is 12.0 Å². The Labute approximate surface area is 95.9 Å². The van der Waals surface area contributed by atoms with Gasteiger partial charge in [0.2, 0.25) is 0 Å². The van der Waals surface area contributed by atoms with E-state index in [9.17, 15) is 0 Å². The molecule has 0 radical (unpaired) electrons. The number of aryl methyl sites for hydroxylation is 3. The Morgan fingerprint density at radius 1 is 1.12 bits per heavy atom. The van der Waals surface area contributed by atoms with Crippen LogP contribution in [0.15, 0.2) is 30.7 Å². The van der Waals surface area contributed by atoms with Crippen molar-refractivity contribution >= 4 is 0 Å². The van der Waals surface area contributed by atoms with Crippen LogP contribution in [0.1, 0.15) is 24.0 Å². The number of hydrogen-bond donors (Lipinski definition) is 0. The molecule has 0 saturated carbocycles. The minimum atomic E-state index is 1.08. The normalized spacial score (nSPS) is 14.8. The van der Waals surface area contributed by atoms with Gasteiger partial charge in [-0.2, -0.15) is 0 Å². The van der Waals surface area contributed by atoms with E-state index in [1.54, 1.807) is 0 Å². The molecule has 2 nitrogen and oxygen atoms in total. The van der Waals surface area contributed by atoms with Gasteiger partial charge in [-0.15, -0.1) is 0 Å². The highest BCUT2D eigenvalue weighted by Crippen LogP contribution is 2.26. The predicted octanol–water partition coefficient (Wildman–Crippen LogP) is 2.97. The Bertz CT molecular complexity index is 511.